The van der Waals surface area contributed by atoms with Crippen LogP contribution in [0.15, 0.2) is 0 Å². The van der Waals surface area contributed by atoms with Crippen LogP contribution in [-0.2, 0) is 9.53 Å². The second kappa shape index (κ2) is 5.49. The minimum absolute atomic E-state index is 0.0865. The standard InChI is InChI=1S/C23H36O2/c1-4-22(2,3)21(24)25-23(20-13-14-5-6-17(20)8-14)18-9-15-7-16(11-18)12-19(23)10-15/h14-20H,4-13H2,1-3H3. The average molecular weight is 345 g/mol. The van der Waals surface area contributed by atoms with Gasteiger partial charge in [0.2, 0.25) is 0 Å². The normalized spacial score (nSPS) is 50.4. The van der Waals surface area contributed by atoms with Crippen LogP contribution in [-0.4, -0.2) is 11.6 Å². The van der Waals surface area contributed by atoms with Crippen molar-refractivity contribution in [2.45, 2.75) is 90.6 Å². The molecule has 0 amide bonds. The molecule has 0 spiro atoms. The fraction of sp³-hybridized carbons (Fsp3) is 0.957. The zero-order chi connectivity index (χ0) is 17.4. The van der Waals surface area contributed by atoms with Crippen molar-refractivity contribution in [1.29, 1.82) is 0 Å². The second-order valence-corrected chi connectivity index (χ2v) is 11.1. The quantitative estimate of drug-likeness (QED) is 0.621. The van der Waals surface area contributed by atoms with E-state index < -0.39 is 0 Å². The molecule has 2 heteroatoms. The van der Waals surface area contributed by atoms with Gasteiger partial charge in [-0.1, -0.05) is 13.3 Å². The summed E-state index contributed by atoms with van der Waals surface area (Å²) in [5.41, 5.74) is -0.421. The van der Waals surface area contributed by atoms with Gasteiger partial charge < -0.3 is 4.74 Å². The number of hydrogen-bond acceptors (Lipinski definition) is 2. The van der Waals surface area contributed by atoms with E-state index in [1.807, 2.05) is 0 Å². The molecule has 6 rings (SSSR count). The molecule has 0 heterocycles. The number of carbonyl (C=O) groups is 1. The molecular formula is C23H36O2. The van der Waals surface area contributed by atoms with E-state index in [0.717, 1.165) is 30.1 Å². The first kappa shape index (κ1) is 16.6. The molecule has 6 aliphatic carbocycles. The lowest BCUT2D eigenvalue weighted by molar-refractivity contribution is -0.241. The molecule has 0 aromatic heterocycles. The van der Waals surface area contributed by atoms with Crippen molar-refractivity contribution in [3.05, 3.63) is 0 Å². The molecule has 0 saturated heterocycles. The molecule has 2 nitrogen and oxygen atoms in total. The summed E-state index contributed by atoms with van der Waals surface area (Å²) in [6, 6.07) is 0. The first-order valence-corrected chi connectivity index (χ1v) is 11.2. The van der Waals surface area contributed by atoms with Crippen molar-refractivity contribution >= 4 is 5.97 Å². The summed E-state index contributed by atoms with van der Waals surface area (Å²) < 4.78 is 6.77. The average Bonchev–Trinajstić information content (AvgIpc) is 3.20. The van der Waals surface area contributed by atoms with E-state index in [0.29, 0.717) is 17.8 Å². The third-order valence-electron chi connectivity index (χ3n) is 9.44. The lowest BCUT2D eigenvalue weighted by Gasteiger charge is -2.63. The summed E-state index contributed by atoms with van der Waals surface area (Å²) in [6.07, 6.45) is 13.3. The van der Waals surface area contributed by atoms with Crippen LogP contribution in [0, 0.1) is 46.8 Å². The van der Waals surface area contributed by atoms with Crippen molar-refractivity contribution in [2.24, 2.45) is 46.8 Å². The molecule has 140 valence electrons. The van der Waals surface area contributed by atoms with Gasteiger partial charge in [-0.15, -0.1) is 0 Å². The van der Waals surface area contributed by atoms with Gasteiger partial charge in [0.25, 0.3) is 0 Å². The fourth-order valence-electron chi connectivity index (χ4n) is 8.01. The highest BCUT2D eigenvalue weighted by atomic mass is 16.6. The number of rotatable bonds is 4. The van der Waals surface area contributed by atoms with Crippen molar-refractivity contribution in [3.8, 4) is 0 Å². The zero-order valence-corrected chi connectivity index (χ0v) is 16.4. The highest BCUT2D eigenvalue weighted by molar-refractivity contribution is 5.76. The molecule has 6 aliphatic rings. The molecule has 0 N–H and O–H groups in total. The van der Waals surface area contributed by atoms with Gasteiger partial charge in [-0.2, -0.15) is 0 Å². The number of fused-ring (bicyclic) bond motifs is 2. The van der Waals surface area contributed by atoms with E-state index >= 15 is 0 Å². The molecule has 6 bridgehead atoms. The zero-order valence-electron chi connectivity index (χ0n) is 16.4. The van der Waals surface area contributed by atoms with Crippen LogP contribution in [0.25, 0.3) is 0 Å². The number of esters is 1. The van der Waals surface area contributed by atoms with Crippen molar-refractivity contribution in [2.75, 3.05) is 0 Å². The summed E-state index contributed by atoms with van der Waals surface area (Å²) in [4.78, 5) is 13.2. The highest BCUT2D eigenvalue weighted by Gasteiger charge is 2.66. The van der Waals surface area contributed by atoms with Crippen molar-refractivity contribution in [3.63, 3.8) is 0 Å². The van der Waals surface area contributed by atoms with E-state index in [2.05, 4.69) is 20.8 Å². The predicted octanol–water partition coefficient (Wildman–Crippen LogP) is 5.60. The van der Waals surface area contributed by atoms with Crippen LogP contribution >= 0.6 is 0 Å². The van der Waals surface area contributed by atoms with Gasteiger partial charge in [-0.25, -0.2) is 0 Å². The van der Waals surface area contributed by atoms with Crippen LogP contribution in [0.5, 0.6) is 0 Å². The molecule has 3 unspecified atom stereocenters. The lowest BCUT2D eigenvalue weighted by atomic mass is 9.46. The van der Waals surface area contributed by atoms with Crippen LogP contribution in [0.4, 0.5) is 0 Å². The van der Waals surface area contributed by atoms with Gasteiger partial charge in [-0.05, 0) is 107 Å². The molecule has 3 atom stereocenters. The maximum Gasteiger partial charge on any atom is 0.312 e. The van der Waals surface area contributed by atoms with Gasteiger partial charge in [0.05, 0.1) is 5.41 Å². The molecule has 0 aromatic rings. The number of hydrogen-bond donors (Lipinski definition) is 0. The Morgan fingerprint density at radius 2 is 1.56 bits per heavy atom. The van der Waals surface area contributed by atoms with E-state index in [-0.39, 0.29) is 17.0 Å². The third-order valence-corrected chi connectivity index (χ3v) is 9.44. The van der Waals surface area contributed by atoms with Crippen molar-refractivity contribution in [1.82, 2.24) is 0 Å². The molecule has 0 radical (unpaired) electrons. The summed E-state index contributed by atoms with van der Waals surface area (Å²) >= 11 is 0. The van der Waals surface area contributed by atoms with E-state index in [1.165, 1.54) is 57.8 Å². The lowest BCUT2D eigenvalue weighted by Crippen LogP contribution is -2.64. The first-order chi connectivity index (χ1) is 11.9. The van der Waals surface area contributed by atoms with Crippen LogP contribution in [0.3, 0.4) is 0 Å². The SMILES string of the molecule is CCC(C)(C)C(=O)OC1(C2CC3CCC2C3)C2CC3CC(C2)CC1C3. The highest BCUT2D eigenvalue weighted by Crippen LogP contribution is 2.67. The van der Waals surface area contributed by atoms with Gasteiger partial charge in [0.15, 0.2) is 0 Å². The molecule has 6 saturated carbocycles. The fourth-order valence-corrected chi connectivity index (χ4v) is 8.01. The van der Waals surface area contributed by atoms with Gasteiger partial charge in [0.1, 0.15) is 5.60 Å². The number of carbonyl (C=O) groups excluding carboxylic acids is 1. The molecule has 25 heavy (non-hydrogen) atoms. The molecular weight excluding hydrogens is 308 g/mol. The summed E-state index contributed by atoms with van der Waals surface area (Å²) in [6.45, 7) is 6.29. The summed E-state index contributed by atoms with van der Waals surface area (Å²) in [5.74, 6) is 5.78. The third kappa shape index (κ3) is 2.31. The predicted molar refractivity (Wildman–Crippen MR) is 98.9 cm³/mol. The van der Waals surface area contributed by atoms with E-state index in [9.17, 15) is 4.79 Å². The van der Waals surface area contributed by atoms with Crippen LogP contribution < -0.4 is 0 Å². The van der Waals surface area contributed by atoms with E-state index in [4.69, 9.17) is 4.74 Å². The molecule has 6 fully saturated rings. The van der Waals surface area contributed by atoms with Gasteiger partial charge in [-0.3, -0.25) is 4.79 Å². The number of ether oxygens (including phenoxy) is 1. The minimum Gasteiger partial charge on any atom is -0.458 e. The second-order valence-electron chi connectivity index (χ2n) is 11.1. The van der Waals surface area contributed by atoms with Gasteiger partial charge in [0, 0.05) is 5.92 Å². The Morgan fingerprint density at radius 1 is 0.920 bits per heavy atom. The topological polar surface area (TPSA) is 26.3 Å². The Bertz CT molecular complexity index is 534. The maximum atomic E-state index is 13.2. The Morgan fingerprint density at radius 3 is 2.04 bits per heavy atom. The Hall–Kier alpha value is -0.530. The Balaban J connectivity index is 1.51. The maximum absolute atomic E-state index is 13.2. The first-order valence-electron chi connectivity index (χ1n) is 11.2. The monoisotopic (exact) mass is 344 g/mol. The molecule has 0 aromatic carbocycles. The van der Waals surface area contributed by atoms with Crippen molar-refractivity contribution < 1.29 is 9.53 Å². The van der Waals surface area contributed by atoms with Crippen LogP contribution in [0.1, 0.15) is 85.0 Å². The minimum atomic E-state index is -0.334. The van der Waals surface area contributed by atoms with E-state index in [1.54, 1.807) is 0 Å². The van der Waals surface area contributed by atoms with Gasteiger partial charge >= 0.3 is 5.97 Å². The Kier molecular flexibility index (Phi) is 3.65. The van der Waals surface area contributed by atoms with Crippen LogP contribution in [0.2, 0.25) is 0 Å². The molecule has 0 aliphatic heterocycles. The largest absolute Gasteiger partial charge is 0.458 e. The smallest absolute Gasteiger partial charge is 0.312 e. The summed E-state index contributed by atoms with van der Waals surface area (Å²) in [5, 5.41) is 0. The Labute approximate surface area is 153 Å². The summed E-state index contributed by atoms with van der Waals surface area (Å²) in [7, 11) is 0.